The van der Waals surface area contributed by atoms with Crippen molar-refractivity contribution in [3.63, 3.8) is 0 Å². The van der Waals surface area contributed by atoms with Crippen LogP contribution in [-0.2, 0) is 0 Å². The van der Waals surface area contributed by atoms with E-state index in [4.69, 9.17) is 0 Å². The molecular weight excluding hydrogens is 220 g/mol. The molecule has 1 heteroatoms. The second-order valence-electron chi connectivity index (χ2n) is 6.82. The van der Waals surface area contributed by atoms with E-state index in [-0.39, 0.29) is 0 Å². The fraction of sp³-hybridized carbons (Fsp3) is 0.765. The zero-order valence-corrected chi connectivity index (χ0v) is 12.7. The molecule has 1 nitrogen and oxygen atoms in total. The Morgan fingerprint density at radius 1 is 1.39 bits per heavy atom. The summed E-state index contributed by atoms with van der Waals surface area (Å²) in [7, 11) is 0. The molecule has 0 saturated carbocycles. The van der Waals surface area contributed by atoms with Crippen LogP contribution in [0.5, 0.6) is 0 Å². The Morgan fingerprint density at radius 3 is 2.61 bits per heavy atom. The smallest absolute Gasteiger partial charge is 0.0625 e. The molecule has 1 N–H and O–H groups in total. The highest BCUT2D eigenvalue weighted by atomic mass is 16.3. The van der Waals surface area contributed by atoms with Crippen molar-refractivity contribution in [2.75, 3.05) is 0 Å². The highest BCUT2D eigenvalue weighted by Gasteiger charge is 2.30. The van der Waals surface area contributed by atoms with Gasteiger partial charge in [-0.3, -0.25) is 0 Å². The molecule has 0 spiro atoms. The van der Waals surface area contributed by atoms with Crippen LogP contribution < -0.4 is 0 Å². The molecule has 0 aliphatic heterocycles. The maximum atomic E-state index is 10.4. The number of allylic oxidation sites excluding steroid dienone is 3. The zero-order valence-electron chi connectivity index (χ0n) is 12.7. The van der Waals surface area contributed by atoms with Gasteiger partial charge in [0.25, 0.3) is 0 Å². The Balaban J connectivity index is 2.63. The summed E-state index contributed by atoms with van der Waals surface area (Å²) in [5, 5.41) is 10.4. The number of aliphatic hydroxyl groups is 1. The van der Waals surface area contributed by atoms with Crippen LogP contribution in [-0.4, -0.2) is 10.7 Å². The van der Waals surface area contributed by atoms with Crippen LogP contribution >= 0.6 is 0 Å². The van der Waals surface area contributed by atoms with Crippen molar-refractivity contribution < 1.29 is 5.11 Å². The number of hydrogen-bond acceptors (Lipinski definition) is 1. The lowest BCUT2D eigenvalue weighted by atomic mass is 9.70. The van der Waals surface area contributed by atoms with Gasteiger partial charge in [-0.25, -0.2) is 0 Å². The maximum Gasteiger partial charge on any atom is 0.0625 e. The average Bonchev–Trinajstić information content (AvgIpc) is 2.25. The van der Waals surface area contributed by atoms with E-state index in [0.29, 0.717) is 5.41 Å². The summed E-state index contributed by atoms with van der Waals surface area (Å²) < 4.78 is 0. The Labute approximate surface area is 113 Å². The lowest BCUT2D eigenvalue weighted by molar-refractivity contribution is 0.0418. The standard InChI is InChI=1S/C17H30O/c1-6-7-12-17(5,18)13-10-15-14(2)9-8-11-16(15,3)4/h6,18H,1,7-13H2,2-5H3. The van der Waals surface area contributed by atoms with Crippen molar-refractivity contribution in [1.82, 2.24) is 0 Å². The zero-order chi connectivity index (χ0) is 13.8. The van der Waals surface area contributed by atoms with Crippen molar-refractivity contribution in [3.05, 3.63) is 23.8 Å². The minimum Gasteiger partial charge on any atom is -0.390 e. The van der Waals surface area contributed by atoms with Gasteiger partial charge in [0, 0.05) is 0 Å². The molecule has 0 amide bonds. The van der Waals surface area contributed by atoms with Crippen molar-refractivity contribution >= 4 is 0 Å². The predicted octanol–water partition coefficient (Wildman–Crippen LogP) is 5.01. The number of hydrogen-bond donors (Lipinski definition) is 1. The van der Waals surface area contributed by atoms with Crippen LogP contribution in [0.15, 0.2) is 23.8 Å². The monoisotopic (exact) mass is 250 g/mol. The van der Waals surface area contributed by atoms with Crippen LogP contribution in [0.2, 0.25) is 0 Å². The van der Waals surface area contributed by atoms with E-state index >= 15 is 0 Å². The highest BCUT2D eigenvalue weighted by Crippen LogP contribution is 2.43. The molecule has 0 aromatic heterocycles. The van der Waals surface area contributed by atoms with E-state index < -0.39 is 5.60 Å². The van der Waals surface area contributed by atoms with E-state index in [9.17, 15) is 5.11 Å². The van der Waals surface area contributed by atoms with Gasteiger partial charge in [-0.05, 0) is 64.2 Å². The largest absolute Gasteiger partial charge is 0.390 e. The maximum absolute atomic E-state index is 10.4. The van der Waals surface area contributed by atoms with Crippen molar-refractivity contribution in [3.8, 4) is 0 Å². The fourth-order valence-electron chi connectivity index (χ4n) is 3.16. The molecule has 1 aliphatic rings. The summed E-state index contributed by atoms with van der Waals surface area (Å²) in [6, 6.07) is 0. The molecule has 0 aromatic rings. The van der Waals surface area contributed by atoms with Crippen LogP contribution in [0.4, 0.5) is 0 Å². The molecule has 0 radical (unpaired) electrons. The Kier molecular flexibility index (Phi) is 5.21. The Hall–Kier alpha value is -0.560. The van der Waals surface area contributed by atoms with Crippen LogP contribution in [0.25, 0.3) is 0 Å². The summed E-state index contributed by atoms with van der Waals surface area (Å²) in [4.78, 5) is 0. The Morgan fingerprint density at radius 2 is 2.06 bits per heavy atom. The van der Waals surface area contributed by atoms with Crippen molar-refractivity contribution in [1.29, 1.82) is 0 Å². The SMILES string of the molecule is C=CCCC(C)(O)CCC1=C(C)CCCC1(C)C. The molecule has 104 valence electrons. The van der Waals surface area contributed by atoms with Gasteiger partial charge < -0.3 is 5.11 Å². The minimum atomic E-state index is -0.547. The van der Waals surface area contributed by atoms with Gasteiger partial charge in [-0.15, -0.1) is 6.58 Å². The highest BCUT2D eigenvalue weighted by molar-refractivity contribution is 5.22. The molecule has 1 unspecified atom stereocenters. The van der Waals surface area contributed by atoms with E-state index in [1.165, 1.54) is 19.3 Å². The molecule has 1 atom stereocenters. The first-order chi connectivity index (χ1) is 8.28. The molecule has 0 fully saturated rings. The van der Waals surface area contributed by atoms with E-state index in [1.807, 2.05) is 13.0 Å². The Bertz CT molecular complexity index is 321. The molecule has 18 heavy (non-hydrogen) atoms. The molecule has 0 saturated heterocycles. The molecule has 0 bridgehead atoms. The molecular formula is C17H30O. The first-order valence-electron chi connectivity index (χ1n) is 7.31. The van der Waals surface area contributed by atoms with E-state index in [0.717, 1.165) is 25.7 Å². The summed E-state index contributed by atoms with van der Waals surface area (Å²) in [5.41, 5.74) is 2.93. The third-order valence-electron chi connectivity index (χ3n) is 4.49. The lowest BCUT2D eigenvalue weighted by Gasteiger charge is -2.36. The van der Waals surface area contributed by atoms with Gasteiger partial charge in [-0.2, -0.15) is 0 Å². The van der Waals surface area contributed by atoms with Gasteiger partial charge in [0.1, 0.15) is 0 Å². The summed E-state index contributed by atoms with van der Waals surface area (Å²) >= 11 is 0. The van der Waals surface area contributed by atoms with Gasteiger partial charge in [0.2, 0.25) is 0 Å². The van der Waals surface area contributed by atoms with E-state index in [1.54, 1.807) is 11.1 Å². The van der Waals surface area contributed by atoms with Crippen molar-refractivity contribution in [2.45, 2.75) is 78.2 Å². The average molecular weight is 250 g/mol. The predicted molar refractivity (Wildman–Crippen MR) is 79.6 cm³/mol. The summed E-state index contributed by atoms with van der Waals surface area (Å²) in [6.07, 6.45) is 9.37. The second-order valence-corrected chi connectivity index (χ2v) is 6.82. The first-order valence-corrected chi connectivity index (χ1v) is 7.31. The third kappa shape index (κ3) is 4.28. The quantitative estimate of drug-likeness (QED) is 0.657. The normalized spacial score (nSPS) is 22.7. The van der Waals surface area contributed by atoms with Crippen molar-refractivity contribution in [2.24, 2.45) is 5.41 Å². The second kappa shape index (κ2) is 6.06. The summed E-state index contributed by atoms with van der Waals surface area (Å²) in [5.74, 6) is 0. The van der Waals surface area contributed by atoms with Crippen LogP contribution in [0, 0.1) is 5.41 Å². The van der Waals surface area contributed by atoms with E-state index in [2.05, 4.69) is 27.4 Å². The van der Waals surface area contributed by atoms with Gasteiger partial charge in [0.15, 0.2) is 0 Å². The lowest BCUT2D eigenvalue weighted by Crippen LogP contribution is -2.27. The topological polar surface area (TPSA) is 20.2 Å². The van der Waals surface area contributed by atoms with Gasteiger partial charge >= 0.3 is 0 Å². The number of rotatable bonds is 6. The molecule has 0 heterocycles. The van der Waals surface area contributed by atoms with Crippen LogP contribution in [0.1, 0.15) is 72.6 Å². The van der Waals surface area contributed by atoms with Gasteiger partial charge in [-0.1, -0.05) is 31.1 Å². The minimum absolute atomic E-state index is 0.330. The molecule has 0 aromatic carbocycles. The molecule has 1 aliphatic carbocycles. The molecule has 1 rings (SSSR count). The summed E-state index contributed by atoms with van der Waals surface area (Å²) in [6.45, 7) is 12.7. The fourth-order valence-corrected chi connectivity index (χ4v) is 3.16. The van der Waals surface area contributed by atoms with Gasteiger partial charge in [0.05, 0.1) is 5.60 Å². The third-order valence-corrected chi connectivity index (χ3v) is 4.49. The first kappa shape index (κ1) is 15.5. The van der Waals surface area contributed by atoms with Crippen LogP contribution in [0.3, 0.4) is 0 Å².